The van der Waals surface area contributed by atoms with Crippen LogP contribution in [0.25, 0.3) is 0 Å². The Balaban J connectivity index is 2.25. The minimum Gasteiger partial charge on any atom is -0.497 e. The summed E-state index contributed by atoms with van der Waals surface area (Å²) >= 11 is 0. The van der Waals surface area contributed by atoms with Crippen molar-refractivity contribution in [2.45, 2.75) is 57.5 Å². The molecule has 0 amide bonds. The smallest absolute Gasteiger partial charge is 0.118 e. The number of benzene rings is 1. The number of rotatable bonds is 7. The third-order valence-electron chi connectivity index (χ3n) is 5.01. The lowest BCUT2D eigenvalue weighted by Gasteiger charge is -2.41. The second kappa shape index (κ2) is 7.28. The van der Waals surface area contributed by atoms with E-state index in [1.807, 2.05) is 12.1 Å². The molecule has 3 heteroatoms. The Hall–Kier alpha value is -1.06. The van der Waals surface area contributed by atoms with Gasteiger partial charge in [0.25, 0.3) is 0 Å². The van der Waals surface area contributed by atoms with Gasteiger partial charge in [0, 0.05) is 6.04 Å². The van der Waals surface area contributed by atoms with Gasteiger partial charge in [-0.15, -0.1) is 0 Å². The van der Waals surface area contributed by atoms with Crippen molar-refractivity contribution < 1.29 is 4.74 Å². The first-order valence-electron chi connectivity index (χ1n) is 8.29. The van der Waals surface area contributed by atoms with Crippen LogP contribution in [0.2, 0.25) is 0 Å². The van der Waals surface area contributed by atoms with E-state index in [4.69, 9.17) is 10.5 Å². The topological polar surface area (TPSA) is 38.5 Å². The maximum Gasteiger partial charge on any atom is 0.118 e. The Morgan fingerprint density at radius 2 is 1.86 bits per heavy atom. The lowest BCUT2D eigenvalue weighted by Crippen LogP contribution is -2.54. The standard InChI is InChI=1S/C18H30N2O/c1-4-5-12-18(19,15(2)20-13-6-7-14-20)16-8-10-17(21-3)11-9-16/h8-11,15H,4-7,12-14,19H2,1-3H3. The van der Waals surface area contributed by atoms with Crippen molar-refractivity contribution in [3.05, 3.63) is 29.8 Å². The Bertz CT molecular complexity index is 425. The maximum absolute atomic E-state index is 6.94. The fourth-order valence-electron chi connectivity index (χ4n) is 3.42. The largest absolute Gasteiger partial charge is 0.497 e. The van der Waals surface area contributed by atoms with Gasteiger partial charge >= 0.3 is 0 Å². The molecule has 0 aliphatic carbocycles. The van der Waals surface area contributed by atoms with Gasteiger partial charge in [-0.25, -0.2) is 0 Å². The number of hydrogen-bond donors (Lipinski definition) is 1. The van der Waals surface area contributed by atoms with E-state index in [1.165, 1.54) is 44.3 Å². The molecule has 0 bridgehead atoms. The molecule has 1 aromatic carbocycles. The van der Waals surface area contributed by atoms with Crippen molar-refractivity contribution in [2.75, 3.05) is 20.2 Å². The van der Waals surface area contributed by atoms with Gasteiger partial charge in [-0.05, 0) is 57.0 Å². The number of nitrogens with zero attached hydrogens (tertiary/aromatic N) is 1. The van der Waals surface area contributed by atoms with Gasteiger partial charge in [0.2, 0.25) is 0 Å². The molecule has 0 radical (unpaired) electrons. The fraction of sp³-hybridized carbons (Fsp3) is 0.667. The number of likely N-dealkylation sites (tertiary alicyclic amines) is 1. The van der Waals surface area contributed by atoms with E-state index >= 15 is 0 Å². The highest BCUT2D eigenvalue weighted by Crippen LogP contribution is 2.33. The molecular formula is C18H30N2O. The van der Waals surface area contributed by atoms with E-state index in [1.54, 1.807) is 7.11 Å². The molecule has 0 spiro atoms. The number of unbranched alkanes of at least 4 members (excludes halogenated alkanes) is 1. The van der Waals surface area contributed by atoms with Crippen LogP contribution in [0.5, 0.6) is 5.75 Å². The average Bonchev–Trinajstić information content (AvgIpc) is 3.06. The Labute approximate surface area is 129 Å². The molecule has 1 fully saturated rings. The van der Waals surface area contributed by atoms with Crippen LogP contribution >= 0.6 is 0 Å². The molecule has 1 aliphatic heterocycles. The summed E-state index contributed by atoms with van der Waals surface area (Å²) in [6.45, 7) is 6.89. The van der Waals surface area contributed by atoms with Crippen molar-refractivity contribution in [1.82, 2.24) is 4.90 Å². The van der Waals surface area contributed by atoms with Crippen LogP contribution in [0.4, 0.5) is 0 Å². The van der Waals surface area contributed by atoms with E-state index in [0.717, 1.165) is 12.2 Å². The predicted octanol–water partition coefficient (Wildman–Crippen LogP) is 3.52. The first-order chi connectivity index (χ1) is 10.1. The minimum atomic E-state index is -0.271. The summed E-state index contributed by atoms with van der Waals surface area (Å²) in [6, 6.07) is 8.71. The highest BCUT2D eigenvalue weighted by molar-refractivity contribution is 5.33. The third-order valence-corrected chi connectivity index (χ3v) is 5.01. The summed E-state index contributed by atoms with van der Waals surface area (Å²) < 4.78 is 5.27. The lowest BCUT2D eigenvalue weighted by molar-refractivity contribution is 0.149. The van der Waals surface area contributed by atoms with Gasteiger partial charge in [-0.3, -0.25) is 4.90 Å². The van der Waals surface area contributed by atoms with Crippen molar-refractivity contribution in [3.63, 3.8) is 0 Å². The summed E-state index contributed by atoms with van der Waals surface area (Å²) in [5.74, 6) is 0.894. The normalized spacial score (nSPS) is 20.2. The minimum absolute atomic E-state index is 0.271. The van der Waals surface area contributed by atoms with Crippen LogP contribution < -0.4 is 10.5 Å². The van der Waals surface area contributed by atoms with E-state index in [2.05, 4.69) is 30.9 Å². The van der Waals surface area contributed by atoms with Gasteiger partial charge in [0.05, 0.1) is 12.6 Å². The summed E-state index contributed by atoms with van der Waals surface area (Å²) in [4.78, 5) is 2.56. The zero-order valence-corrected chi connectivity index (χ0v) is 13.8. The van der Waals surface area contributed by atoms with Crippen LogP contribution in [-0.4, -0.2) is 31.1 Å². The highest BCUT2D eigenvalue weighted by Gasteiger charge is 2.37. The zero-order chi connectivity index (χ0) is 15.3. The molecule has 0 aromatic heterocycles. The summed E-state index contributed by atoms with van der Waals surface area (Å²) in [5, 5.41) is 0. The van der Waals surface area contributed by atoms with Crippen molar-refractivity contribution in [3.8, 4) is 5.75 Å². The maximum atomic E-state index is 6.94. The molecule has 21 heavy (non-hydrogen) atoms. The van der Waals surface area contributed by atoms with Crippen molar-refractivity contribution in [1.29, 1.82) is 0 Å². The van der Waals surface area contributed by atoms with Gasteiger partial charge < -0.3 is 10.5 Å². The number of methoxy groups -OCH3 is 1. The first kappa shape index (κ1) is 16.3. The molecular weight excluding hydrogens is 260 g/mol. The fourth-order valence-corrected chi connectivity index (χ4v) is 3.42. The predicted molar refractivity (Wildman–Crippen MR) is 88.7 cm³/mol. The van der Waals surface area contributed by atoms with Crippen LogP contribution in [0, 0.1) is 0 Å². The molecule has 2 atom stereocenters. The second-order valence-electron chi connectivity index (χ2n) is 6.29. The summed E-state index contributed by atoms with van der Waals surface area (Å²) in [7, 11) is 1.70. The van der Waals surface area contributed by atoms with Crippen molar-refractivity contribution >= 4 is 0 Å². The van der Waals surface area contributed by atoms with Crippen LogP contribution in [0.1, 0.15) is 51.5 Å². The molecule has 3 nitrogen and oxygen atoms in total. The SMILES string of the molecule is CCCCC(N)(c1ccc(OC)cc1)C(C)N1CCCC1. The molecule has 2 N–H and O–H groups in total. The van der Waals surface area contributed by atoms with Crippen LogP contribution in [0.15, 0.2) is 24.3 Å². The highest BCUT2D eigenvalue weighted by atomic mass is 16.5. The zero-order valence-electron chi connectivity index (χ0n) is 13.8. The van der Waals surface area contributed by atoms with Crippen LogP contribution in [0.3, 0.4) is 0 Å². The molecule has 1 heterocycles. The molecule has 2 rings (SSSR count). The van der Waals surface area contributed by atoms with E-state index in [0.29, 0.717) is 6.04 Å². The van der Waals surface area contributed by atoms with Crippen molar-refractivity contribution in [2.24, 2.45) is 5.73 Å². The number of nitrogens with two attached hydrogens (primary N) is 1. The second-order valence-corrected chi connectivity index (χ2v) is 6.29. The first-order valence-corrected chi connectivity index (χ1v) is 8.29. The molecule has 1 saturated heterocycles. The average molecular weight is 290 g/mol. The Morgan fingerprint density at radius 3 is 2.38 bits per heavy atom. The third kappa shape index (κ3) is 3.58. The van der Waals surface area contributed by atoms with Gasteiger partial charge in [0.15, 0.2) is 0 Å². The van der Waals surface area contributed by atoms with E-state index in [-0.39, 0.29) is 5.54 Å². The summed E-state index contributed by atoms with van der Waals surface area (Å²) in [5.41, 5.74) is 7.90. The molecule has 118 valence electrons. The number of ether oxygens (including phenoxy) is 1. The molecule has 2 unspecified atom stereocenters. The molecule has 0 saturated carbocycles. The Morgan fingerprint density at radius 1 is 1.24 bits per heavy atom. The van der Waals surface area contributed by atoms with Gasteiger partial charge in [0.1, 0.15) is 5.75 Å². The Kier molecular flexibility index (Phi) is 5.65. The summed E-state index contributed by atoms with van der Waals surface area (Å²) in [6.07, 6.45) is 5.99. The molecule has 1 aliphatic rings. The van der Waals surface area contributed by atoms with E-state index < -0.39 is 0 Å². The molecule has 1 aromatic rings. The van der Waals surface area contributed by atoms with Crippen LogP contribution in [-0.2, 0) is 5.54 Å². The number of hydrogen-bond acceptors (Lipinski definition) is 3. The van der Waals surface area contributed by atoms with Gasteiger partial charge in [-0.1, -0.05) is 31.9 Å². The van der Waals surface area contributed by atoms with Gasteiger partial charge in [-0.2, -0.15) is 0 Å². The monoisotopic (exact) mass is 290 g/mol. The quantitative estimate of drug-likeness (QED) is 0.835. The lowest BCUT2D eigenvalue weighted by atomic mass is 9.79. The van der Waals surface area contributed by atoms with E-state index in [9.17, 15) is 0 Å².